The summed E-state index contributed by atoms with van der Waals surface area (Å²) in [6.07, 6.45) is 0. The van der Waals surface area contributed by atoms with Crippen molar-refractivity contribution < 1.29 is 13.6 Å². The Morgan fingerprint density at radius 2 is 2.13 bits per heavy atom. The van der Waals surface area contributed by atoms with Crippen LogP contribution in [-0.2, 0) is 11.3 Å². The summed E-state index contributed by atoms with van der Waals surface area (Å²) in [6, 6.07) is 5.29. The molecule has 2 aromatic rings. The third-order valence-corrected chi connectivity index (χ3v) is 4.23. The molecule has 0 bridgehead atoms. The van der Waals surface area contributed by atoms with Gasteiger partial charge in [-0.05, 0) is 55.9 Å². The molecule has 2 rings (SSSR count). The number of nitrogens with zero attached hydrogens (tertiary/aromatic N) is 2. The highest BCUT2D eigenvalue weighted by atomic mass is 79.9. The second-order valence-corrected chi connectivity index (χ2v) is 6.17. The molecular weight excluding hydrogens is 362 g/mol. The van der Waals surface area contributed by atoms with Gasteiger partial charge in [0.25, 0.3) is 0 Å². The van der Waals surface area contributed by atoms with Gasteiger partial charge in [-0.25, -0.2) is 0 Å². The number of likely N-dealkylation sites (N-methyl/N-ethyl adjacent to an activating group) is 1. The molecule has 0 fully saturated rings. The summed E-state index contributed by atoms with van der Waals surface area (Å²) in [5.41, 5.74) is 1.10. The molecule has 6 nitrogen and oxygen atoms in total. The zero-order valence-corrected chi connectivity index (χ0v) is 15.0. The zero-order chi connectivity index (χ0) is 17.1. The number of hydrogen-bond donors (Lipinski definition) is 1. The number of furan rings is 2. The fraction of sp³-hybridized carbons (Fsp3) is 0.375. The van der Waals surface area contributed by atoms with E-state index in [2.05, 4.69) is 27.3 Å². The SMILES string of the molecule is Cc1oc(NC(=O)C(C)N(C)Cc2ccc(Br)o2)c(C#N)c1C. The number of nitriles is 1. The van der Waals surface area contributed by atoms with E-state index in [-0.39, 0.29) is 11.8 Å². The highest BCUT2D eigenvalue weighted by molar-refractivity contribution is 9.10. The molecule has 0 aliphatic carbocycles. The Hall–Kier alpha value is -2.04. The predicted molar refractivity (Wildman–Crippen MR) is 88.9 cm³/mol. The van der Waals surface area contributed by atoms with Gasteiger partial charge in [0.05, 0.1) is 12.6 Å². The van der Waals surface area contributed by atoms with Crippen LogP contribution < -0.4 is 5.32 Å². The Labute approximate surface area is 143 Å². The molecule has 0 saturated carbocycles. The summed E-state index contributed by atoms with van der Waals surface area (Å²) in [6.45, 7) is 5.82. The van der Waals surface area contributed by atoms with Crippen LogP contribution in [0.25, 0.3) is 0 Å². The highest BCUT2D eigenvalue weighted by Crippen LogP contribution is 2.25. The zero-order valence-electron chi connectivity index (χ0n) is 13.4. The van der Waals surface area contributed by atoms with Gasteiger partial charge in [-0.15, -0.1) is 0 Å². The minimum Gasteiger partial charge on any atom is -0.453 e. The smallest absolute Gasteiger partial charge is 0.243 e. The summed E-state index contributed by atoms with van der Waals surface area (Å²) in [7, 11) is 1.82. The first-order valence-corrected chi connectivity index (χ1v) is 7.88. The van der Waals surface area contributed by atoms with Crippen molar-refractivity contribution in [2.45, 2.75) is 33.4 Å². The van der Waals surface area contributed by atoms with Gasteiger partial charge in [0, 0.05) is 5.56 Å². The standard InChI is InChI=1S/C16H18BrN3O3/c1-9-11(3)22-16(13(9)7-18)19-15(21)10(2)20(4)8-12-5-6-14(17)23-12/h5-6,10H,8H2,1-4H3,(H,19,21). The molecule has 0 spiro atoms. The topological polar surface area (TPSA) is 82.4 Å². The predicted octanol–water partition coefficient (Wildman–Crippen LogP) is 3.58. The summed E-state index contributed by atoms with van der Waals surface area (Å²) >= 11 is 3.25. The van der Waals surface area contributed by atoms with Gasteiger partial charge in [-0.2, -0.15) is 5.26 Å². The van der Waals surface area contributed by atoms with Crippen molar-refractivity contribution in [2.75, 3.05) is 12.4 Å². The van der Waals surface area contributed by atoms with Crippen LogP contribution in [-0.4, -0.2) is 23.9 Å². The third-order valence-electron chi connectivity index (χ3n) is 3.81. The Kier molecular flexibility index (Phi) is 5.29. The number of amides is 1. The average Bonchev–Trinajstić information content (AvgIpc) is 3.02. The molecule has 0 aromatic carbocycles. The first-order chi connectivity index (χ1) is 10.8. The van der Waals surface area contributed by atoms with Gasteiger partial charge in [0.15, 0.2) is 4.67 Å². The van der Waals surface area contributed by atoms with Gasteiger partial charge in [0.1, 0.15) is 23.2 Å². The van der Waals surface area contributed by atoms with Crippen molar-refractivity contribution in [2.24, 2.45) is 0 Å². The van der Waals surface area contributed by atoms with Crippen molar-refractivity contribution in [3.05, 3.63) is 39.4 Å². The molecule has 2 aromatic heterocycles. The first-order valence-electron chi connectivity index (χ1n) is 7.09. The third kappa shape index (κ3) is 3.84. The lowest BCUT2D eigenvalue weighted by atomic mass is 10.2. The molecule has 1 N–H and O–H groups in total. The van der Waals surface area contributed by atoms with E-state index in [4.69, 9.17) is 8.83 Å². The molecule has 0 radical (unpaired) electrons. The maximum atomic E-state index is 12.4. The molecule has 1 atom stereocenters. The Morgan fingerprint density at radius 1 is 1.43 bits per heavy atom. The van der Waals surface area contributed by atoms with E-state index in [0.29, 0.717) is 22.5 Å². The van der Waals surface area contributed by atoms with Gasteiger partial charge >= 0.3 is 0 Å². The normalized spacial score (nSPS) is 12.2. The minimum atomic E-state index is -0.420. The minimum absolute atomic E-state index is 0.202. The number of nitrogens with one attached hydrogen (secondary N) is 1. The average molecular weight is 380 g/mol. The second-order valence-electron chi connectivity index (χ2n) is 5.39. The van der Waals surface area contributed by atoms with E-state index < -0.39 is 6.04 Å². The van der Waals surface area contributed by atoms with Gasteiger partial charge in [0.2, 0.25) is 11.8 Å². The molecule has 0 saturated heterocycles. The van der Waals surface area contributed by atoms with Crippen LogP contribution >= 0.6 is 15.9 Å². The van der Waals surface area contributed by atoms with E-state index in [0.717, 1.165) is 11.3 Å². The number of hydrogen-bond acceptors (Lipinski definition) is 5. The molecule has 1 amide bonds. The van der Waals surface area contributed by atoms with Crippen molar-refractivity contribution in [1.82, 2.24) is 4.90 Å². The molecule has 1 unspecified atom stereocenters. The van der Waals surface area contributed by atoms with Crippen molar-refractivity contribution in [3.8, 4) is 6.07 Å². The maximum Gasteiger partial charge on any atom is 0.243 e. The van der Waals surface area contributed by atoms with Crippen LogP contribution in [0.2, 0.25) is 0 Å². The Morgan fingerprint density at radius 3 is 2.70 bits per heavy atom. The number of anilines is 1. The molecule has 0 aliphatic heterocycles. The fourth-order valence-electron chi connectivity index (χ4n) is 2.09. The Balaban J connectivity index is 2.05. The van der Waals surface area contributed by atoms with Crippen molar-refractivity contribution in [1.29, 1.82) is 5.26 Å². The quantitative estimate of drug-likeness (QED) is 0.857. The fourth-order valence-corrected chi connectivity index (χ4v) is 2.43. The van der Waals surface area contributed by atoms with Gasteiger partial charge in [-0.1, -0.05) is 0 Å². The van der Waals surface area contributed by atoms with E-state index in [1.165, 1.54) is 0 Å². The van der Waals surface area contributed by atoms with Crippen LogP contribution in [0.3, 0.4) is 0 Å². The summed E-state index contributed by atoms with van der Waals surface area (Å²) in [5, 5.41) is 11.9. The largest absolute Gasteiger partial charge is 0.453 e. The number of carbonyl (C=O) groups excluding carboxylic acids is 1. The number of halogens is 1. The van der Waals surface area contributed by atoms with E-state index in [9.17, 15) is 10.1 Å². The second kappa shape index (κ2) is 7.02. The Bertz CT molecular complexity index is 757. The molecule has 2 heterocycles. The maximum absolute atomic E-state index is 12.4. The van der Waals surface area contributed by atoms with Crippen LogP contribution in [0.1, 0.15) is 29.6 Å². The molecule has 122 valence electrons. The van der Waals surface area contributed by atoms with Crippen molar-refractivity contribution in [3.63, 3.8) is 0 Å². The lowest BCUT2D eigenvalue weighted by molar-refractivity contribution is -0.120. The van der Waals surface area contributed by atoms with E-state index in [1.807, 2.05) is 24.1 Å². The molecule has 7 heteroatoms. The van der Waals surface area contributed by atoms with E-state index >= 15 is 0 Å². The summed E-state index contributed by atoms with van der Waals surface area (Å²) in [4.78, 5) is 14.2. The summed E-state index contributed by atoms with van der Waals surface area (Å²) in [5.74, 6) is 1.33. The number of rotatable bonds is 5. The monoisotopic (exact) mass is 379 g/mol. The number of carbonyl (C=O) groups is 1. The van der Waals surface area contributed by atoms with Gasteiger partial charge < -0.3 is 8.83 Å². The number of aryl methyl sites for hydroxylation is 1. The van der Waals surface area contributed by atoms with Crippen molar-refractivity contribution >= 4 is 27.7 Å². The first kappa shape index (κ1) is 17.3. The van der Waals surface area contributed by atoms with Crippen LogP contribution in [0.15, 0.2) is 25.6 Å². The molecule has 23 heavy (non-hydrogen) atoms. The molecular formula is C16H18BrN3O3. The van der Waals surface area contributed by atoms with Crippen LogP contribution in [0, 0.1) is 25.2 Å². The highest BCUT2D eigenvalue weighted by Gasteiger charge is 2.23. The lowest BCUT2D eigenvalue weighted by Gasteiger charge is -2.22. The van der Waals surface area contributed by atoms with Crippen LogP contribution in [0.4, 0.5) is 5.88 Å². The van der Waals surface area contributed by atoms with Crippen LogP contribution in [0.5, 0.6) is 0 Å². The van der Waals surface area contributed by atoms with E-state index in [1.54, 1.807) is 20.8 Å². The lowest BCUT2D eigenvalue weighted by Crippen LogP contribution is -2.39. The molecule has 0 aliphatic rings. The summed E-state index contributed by atoms with van der Waals surface area (Å²) < 4.78 is 11.6. The van der Waals surface area contributed by atoms with Gasteiger partial charge in [-0.3, -0.25) is 15.0 Å².